The molecule has 35 heavy (non-hydrogen) atoms. The molecule has 8 heteroatoms. The maximum Gasteiger partial charge on any atom is 0.319 e. The average molecular weight is 471 g/mol. The smallest absolute Gasteiger partial charge is 0.319 e. The lowest BCUT2D eigenvalue weighted by Crippen LogP contribution is -2.41. The number of carbonyl (C=O) groups is 1. The van der Waals surface area contributed by atoms with E-state index in [2.05, 4.69) is 32.3 Å². The van der Waals surface area contributed by atoms with Crippen molar-refractivity contribution in [1.29, 1.82) is 0 Å². The van der Waals surface area contributed by atoms with Gasteiger partial charge in [-0.25, -0.2) is 9.78 Å². The Balaban J connectivity index is 1.24. The van der Waals surface area contributed by atoms with Crippen LogP contribution < -0.4 is 21.1 Å². The van der Waals surface area contributed by atoms with Crippen LogP contribution in [0.25, 0.3) is 22.2 Å². The van der Waals surface area contributed by atoms with Gasteiger partial charge in [0.15, 0.2) is 0 Å². The first-order valence-electron chi connectivity index (χ1n) is 12.4. The molecule has 0 radical (unpaired) electrons. The van der Waals surface area contributed by atoms with Gasteiger partial charge in [-0.15, -0.1) is 0 Å². The van der Waals surface area contributed by atoms with Crippen molar-refractivity contribution >= 4 is 28.3 Å². The Morgan fingerprint density at radius 2 is 1.94 bits per heavy atom. The van der Waals surface area contributed by atoms with E-state index in [1.165, 1.54) is 6.42 Å². The van der Waals surface area contributed by atoms with Crippen molar-refractivity contribution in [3.05, 3.63) is 61.2 Å². The molecule has 8 nitrogen and oxygen atoms in total. The van der Waals surface area contributed by atoms with E-state index < -0.39 is 0 Å². The third-order valence-corrected chi connectivity index (χ3v) is 6.96. The molecule has 0 unspecified atom stereocenters. The van der Waals surface area contributed by atoms with Gasteiger partial charge in [-0.1, -0.05) is 12.1 Å². The summed E-state index contributed by atoms with van der Waals surface area (Å²) in [4.78, 5) is 16.3. The molecular formula is C27H30N6O2. The van der Waals surface area contributed by atoms with Crippen LogP contribution in [-0.2, 0) is 6.54 Å². The van der Waals surface area contributed by atoms with Crippen LogP contribution in [0, 0.1) is 0 Å². The van der Waals surface area contributed by atoms with Crippen molar-refractivity contribution in [2.45, 2.75) is 50.7 Å². The lowest BCUT2D eigenvalue weighted by Gasteiger charge is -2.26. The van der Waals surface area contributed by atoms with Gasteiger partial charge in [-0.05, 0) is 56.4 Å². The first-order valence-corrected chi connectivity index (χ1v) is 12.4. The minimum absolute atomic E-state index is 0.144. The summed E-state index contributed by atoms with van der Waals surface area (Å²) >= 11 is 0. The van der Waals surface area contributed by atoms with E-state index in [1.54, 1.807) is 12.5 Å². The number of nitrogens with zero attached hydrogens (tertiary/aromatic N) is 3. The van der Waals surface area contributed by atoms with Gasteiger partial charge in [0.1, 0.15) is 12.4 Å². The average Bonchev–Trinajstić information content (AvgIpc) is 3.46. The van der Waals surface area contributed by atoms with Crippen LogP contribution in [0.3, 0.4) is 0 Å². The molecule has 0 atom stereocenters. The van der Waals surface area contributed by atoms with Crippen LogP contribution in [-0.4, -0.2) is 32.8 Å². The molecule has 0 bridgehead atoms. The maximum atomic E-state index is 12.2. The normalized spacial score (nSPS) is 15.7. The molecule has 0 aliphatic heterocycles. The molecule has 2 heterocycles. The molecule has 0 spiro atoms. The van der Waals surface area contributed by atoms with Gasteiger partial charge in [-0.2, -0.15) is 0 Å². The second-order valence-corrected chi connectivity index (χ2v) is 9.50. The van der Waals surface area contributed by atoms with Gasteiger partial charge < -0.3 is 30.2 Å². The summed E-state index contributed by atoms with van der Waals surface area (Å²) in [7, 11) is 0. The monoisotopic (exact) mass is 470 g/mol. The topological polar surface area (TPSA) is 99.1 Å². The Bertz CT molecular complexity index is 1330. The number of benzene rings is 2. The van der Waals surface area contributed by atoms with Gasteiger partial charge in [-0.3, -0.25) is 0 Å². The van der Waals surface area contributed by atoms with Crippen LogP contribution in [0.4, 0.5) is 16.2 Å². The van der Waals surface area contributed by atoms with E-state index in [0.717, 1.165) is 71.5 Å². The van der Waals surface area contributed by atoms with E-state index >= 15 is 0 Å². The fraction of sp³-hybridized carbons (Fsp3) is 0.333. The zero-order valence-corrected chi connectivity index (χ0v) is 19.6. The minimum Gasteiger partial charge on any atom is -0.492 e. The quantitative estimate of drug-likeness (QED) is 0.331. The first kappa shape index (κ1) is 21.6. The van der Waals surface area contributed by atoms with Crippen molar-refractivity contribution in [2.75, 3.05) is 17.7 Å². The van der Waals surface area contributed by atoms with Crippen LogP contribution >= 0.6 is 0 Å². The summed E-state index contributed by atoms with van der Waals surface area (Å²) < 4.78 is 10.4. The summed E-state index contributed by atoms with van der Waals surface area (Å²) in [5.74, 6) is 0.834. The highest BCUT2D eigenvalue weighted by Gasteiger charge is 2.30. The second kappa shape index (κ2) is 9.02. The van der Waals surface area contributed by atoms with Gasteiger partial charge >= 0.3 is 6.03 Å². The lowest BCUT2D eigenvalue weighted by molar-refractivity contribution is 0.240. The van der Waals surface area contributed by atoms with Gasteiger partial charge in [0.2, 0.25) is 0 Å². The summed E-state index contributed by atoms with van der Waals surface area (Å²) in [5, 5.41) is 6.98. The van der Waals surface area contributed by atoms with Crippen molar-refractivity contribution in [1.82, 2.24) is 19.4 Å². The third-order valence-electron chi connectivity index (χ3n) is 6.96. The lowest BCUT2D eigenvalue weighted by atomic mass is 9.93. The number of fused-ring (bicyclic) bond motifs is 1. The number of hydrogen-bond donors (Lipinski definition) is 3. The van der Waals surface area contributed by atoms with E-state index in [-0.39, 0.29) is 6.03 Å². The van der Waals surface area contributed by atoms with Crippen LogP contribution in [0.2, 0.25) is 0 Å². The van der Waals surface area contributed by atoms with Crippen LogP contribution in [0.1, 0.15) is 38.1 Å². The fourth-order valence-corrected chi connectivity index (χ4v) is 4.72. The number of carbonyl (C=O) groups excluding carboxylic acids is 1. The number of aromatic nitrogens is 3. The largest absolute Gasteiger partial charge is 0.492 e. The highest BCUT2D eigenvalue weighted by atomic mass is 16.5. The molecule has 4 aromatic rings. The Labute approximate surface area is 204 Å². The number of nitrogens with one attached hydrogen (secondary N) is 2. The minimum atomic E-state index is -0.144. The molecule has 2 fully saturated rings. The highest BCUT2D eigenvalue weighted by Crippen LogP contribution is 2.46. The van der Waals surface area contributed by atoms with E-state index in [1.807, 2.05) is 41.1 Å². The van der Waals surface area contributed by atoms with Gasteiger partial charge in [0.05, 0.1) is 29.8 Å². The first-order chi connectivity index (χ1) is 17.2. The molecule has 2 aliphatic carbocycles. The Kier molecular flexibility index (Phi) is 5.56. The molecule has 4 N–H and O–H groups in total. The van der Waals surface area contributed by atoms with Gasteiger partial charge in [0, 0.05) is 47.2 Å². The van der Waals surface area contributed by atoms with E-state index in [4.69, 9.17) is 10.5 Å². The number of ether oxygens (including phenoxy) is 1. The van der Waals surface area contributed by atoms with Crippen molar-refractivity contribution in [3.8, 4) is 17.0 Å². The summed E-state index contributed by atoms with van der Waals surface area (Å²) in [5.41, 5.74) is 11.4. The van der Waals surface area contributed by atoms with Gasteiger partial charge in [0.25, 0.3) is 0 Å². The molecule has 2 amide bonds. The summed E-state index contributed by atoms with van der Waals surface area (Å²) in [6, 6.07) is 14.7. The molecular weight excluding hydrogens is 440 g/mol. The molecule has 2 aromatic heterocycles. The summed E-state index contributed by atoms with van der Waals surface area (Å²) in [6.45, 7) is 1.31. The van der Waals surface area contributed by atoms with Crippen LogP contribution in [0.15, 0.2) is 61.2 Å². The van der Waals surface area contributed by atoms with E-state index in [0.29, 0.717) is 18.7 Å². The fourth-order valence-electron chi connectivity index (χ4n) is 4.72. The number of imidazole rings is 1. The van der Waals surface area contributed by atoms with Crippen molar-refractivity contribution in [2.24, 2.45) is 0 Å². The van der Waals surface area contributed by atoms with E-state index in [9.17, 15) is 4.79 Å². The number of nitrogens with two attached hydrogens (primary N) is 1. The zero-order valence-electron chi connectivity index (χ0n) is 19.6. The predicted octanol–water partition coefficient (Wildman–Crippen LogP) is 5.17. The Morgan fingerprint density at radius 3 is 2.63 bits per heavy atom. The Morgan fingerprint density at radius 1 is 1.11 bits per heavy atom. The molecule has 0 saturated heterocycles. The molecule has 2 aromatic carbocycles. The Hall–Kier alpha value is -3.94. The second-order valence-electron chi connectivity index (χ2n) is 9.50. The number of urea groups is 1. The number of amides is 2. The SMILES string of the molecule is Nc1c(-c2ccc(NC(=O)NC3CCC3)cc2)n(C2CC2)c2cc(OCCn3ccnc3)ccc12. The zero-order chi connectivity index (χ0) is 23.8. The molecule has 180 valence electrons. The van der Waals surface area contributed by atoms with Crippen LogP contribution in [0.5, 0.6) is 5.75 Å². The number of nitrogen functional groups attached to an aromatic ring is 1. The highest BCUT2D eigenvalue weighted by molar-refractivity contribution is 6.02. The number of anilines is 2. The molecule has 6 rings (SSSR count). The molecule has 2 saturated carbocycles. The third kappa shape index (κ3) is 4.43. The standard InChI is InChI=1S/C27H30N6O2/c28-25-23-11-10-22(35-15-14-32-13-12-29-17-32)16-24(23)33(21-8-9-21)26(25)18-4-6-20(7-5-18)31-27(34)30-19-2-1-3-19/h4-7,10-13,16-17,19,21H,1-3,8-9,14-15,28H2,(H2,30,31,34). The molecule has 2 aliphatic rings. The van der Waals surface area contributed by atoms with Crippen molar-refractivity contribution < 1.29 is 9.53 Å². The number of hydrogen-bond acceptors (Lipinski definition) is 4. The predicted molar refractivity (Wildman–Crippen MR) is 138 cm³/mol. The van der Waals surface area contributed by atoms with Crippen molar-refractivity contribution in [3.63, 3.8) is 0 Å². The number of rotatable bonds is 8. The maximum absolute atomic E-state index is 12.2. The summed E-state index contributed by atoms with van der Waals surface area (Å²) in [6.07, 6.45) is 11.1.